The summed E-state index contributed by atoms with van der Waals surface area (Å²) in [4.78, 5) is 3.14. The fraction of sp³-hybridized carbons (Fsp3) is 0.429. The van der Waals surface area contributed by atoms with Gasteiger partial charge in [0, 0.05) is 12.5 Å². The predicted octanol–water partition coefficient (Wildman–Crippen LogP) is 3.73. The van der Waals surface area contributed by atoms with Crippen molar-refractivity contribution in [1.29, 1.82) is 0 Å². The van der Waals surface area contributed by atoms with E-state index in [1.54, 1.807) is 36.4 Å². The van der Waals surface area contributed by atoms with Gasteiger partial charge in [-0.1, -0.05) is 38.1 Å². The number of likely N-dealkylation sites (tertiary alicyclic amines) is 1. The Labute approximate surface area is 155 Å². The summed E-state index contributed by atoms with van der Waals surface area (Å²) < 4.78 is 31.7. The van der Waals surface area contributed by atoms with Crippen LogP contribution in [0.15, 0.2) is 58.3 Å². The molecule has 2 heterocycles. The lowest BCUT2D eigenvalue weighted by Crippen LogP contribution is -2.41. The monoisotopic (exact) mass is 371 g/mol. The second kappa shape index (κ2) is 6.71. The lowest BCUT2D eigenvalue weighted by Gasteiger charge is -2.34. The molecule has 2 aliphatic rings. The minimum absolute atomic E-state index is 0.304. The van der Waals surface area contributed by atoms with Crippen LogP contribution in [-0.2, 0) is 9.84 Å². The van der Waals surface area contributed by atoms with Crippen molar-refractivity contribution in [2.24, 2.45) is 5.92 Å². The summed E-state index contributed by atoms with van der Waals surface area (Å²) >= 11 is 0. The van der Waals surface area contributed by atoms with E-state index in [9.17, 15) is 8.42 Å². The zero-order chi connectivity index (χ0) is 18.3. The standard InChI is InChI=1S/C21H25NO3S/c1-15(2)13-22-11-10-18-19-9-8-17(12-21(19)25-14-20(18)22)26(23,24)16-6-4-3-5-7-16/h3-9,12,15,18,20H,10-11,13-14H2,1-2H3. The molecule has 5 heteroatoms. The molecule has 4 nitrogen and oxygen atoms in total. The molecule has 0 saturated carbocycles. The van der Waals surface area contributed by atoms with E-state index in [1.165, 1.54) is 0 Å². The van der Waals surface area contributed by atoms with E-state index in [0.717, 1.165) is 30.8 Å². The van der Waals surface area contributed by atoms with E-state index < -0.39 is 9.84 Å². The molecule has 2 aromatic rings. The van der Waals surface area contributed by atoms with Crippen molar-refractivity contribution in [3.63, 3.8) is 0 Å². The first-order valence-electron chi connectivity index (χ1n) is 9.28. The van der Waals surface area contributed by atoms with Crippen molar-refractivity contribution in [1.82, 2.24) is 4.90 Å². The zero-order valence-corrected chi connectivity index (χ0v) is 16.1. The second-order valence-electron chi connectivity index (χ2n) is 7.68. The van der Waals surface area contributed by atoms with Gasteiger partial charge >= 0.3 is 0 Å². The van der Waals surface area contributed by atoms with Gasteiger partial charge in [0.25, 0.3) is 0 Å². The van der Waals surface area contributed by atoms with E-state index in [2.05, 4.69) is 18.7 Å². The topological polar surface area (TPSA) is 46.6 Å². The molecular weight excluding hydrogens is 346 g/mol. The second-order valence-corrected chi connectivity index (χ2v) is 9.63. The van der Waals surface area contributed by atoms with Gasteiger partial charge in [-0.2, -0.15) is 0 Å². The highest BCUT2D eigenvalue weighted by Crippen LogP contribution is 2.43. The highest BCUT2D eigenvalue weighted by molar-refractivity contribution is 7.91. The molecule has 2 atom stereocenters. The fourth-order valence-corrected chi connectivity index (χ4v) is 5.52. The van der Waals surface area contributed by atoms with E-state index >= 15 is 0 Å². The minimum Gasteiger partial charge on any atom is -0.492 e. The van der Waals surface area contributed by atoms with Gasteiger partial charge in [0.15, 0.2) is 0 Å². The van der Waals surface area contributed by atoms with Crippen molar-refractivity contribution in [3.8, 4) is 5.75 Å². The van der Waals surface area contributed by atoms with Crippen LogP contribution in [0.25, 0.3) is 0 Å². The van der Waals surface area contributed by atoms with E-state index in [-0.39, 0.29) is 0 Å². The Balaban J connectivity index is 1.64. The maximum Gasteiger partial charge on any atom is 0.206 e. The number of hydrogen-bond donors (Lipinski definition) is 0. The molecule has 0 aromatic heterocycles. The van der Waals surface area contributed by atoms with Gasteiger partial charge in [-0.3, -0.25) is 4.90 Å². The van der Waals surface area contributed by atoms with Crippen LogP contribution in [0.3, 0.4) is 0 Å². The van der Waals surface area contributed by atoms with Crippen molar-refractivity contribution in [2.75, 3.05) is 19.7 Å². The van der Waals surface area contributed by atoms with Crippen molar-refractivity contribution < 1.29 is 13.2 Å². The summed E-state index contributed by atoms with van der Waals surface area (Å²) in [7, 11) is -3.51. The molecule has 2 unspecified atom stereocenters. The largest absolute Gasteiger partial charge is 0.492 e. The minimum atomic E-state index is -3.51. The summed E-state index contributed by atoms with van der Waals surface area (Å²) in [5.41, 5.74) is 1.15. The van der Waals surface area contributed by atoms with Crippen LogP contribution >= 0.6 is 0 Å². The molecule has 0 aliphatic carbocycles. The fourth-order valence-electron chi connectivity index (χ4n) is 4.22. The number of ether oxygens (including phenoxy) is 1. The Morgan fingerprint density at radius 2 is 1.88 bits per heavy atom. The van der Waals surface area contributed by atoms with E-state index in [4.69, 9.17) is 4.74 Å². The molecule has 26 heavy (non-hydrogen) atoms. The van der Waals surface area contributed by atoms with Crippen LogP contribution < -0.4 is 4.74 Å². The molecular formula is C21H25NO3S. The lowest BCUT2D eigenvalue weighted by molar-refractivity contribution is 0.136. The molecule has 0 spiro atoms. The molecule has 0 amide bonds. The molecule has 1 saturated heterocycles. The molecule has 4 rings (SSSR count). The number of sulfone groups is 1. The van der Waals surface area contributed by atoms with Crippen LogP contribution in [0, 0.1) is 5.92 Å². The van der Waals surface area contributed by atoms with E-state index in [0.29, 0.717) is 34.3 Å². The van der Waals surface area contributed by atoms with Gasteiger partial charge in [0.2, 0.25) is 9.84 Å². The number of rotatable bonds is 4. The number of fused-ring (bicyclic) bond motifs is 3. The first-order chi connectivity index (χ1) is 12.5. The smallest absolute Gasteiger partial charge is 0.206 e. The molecule has 2 aromatic carbocycles. The Kier molecular flexibility index (Phi) is 4.53. The third-order valence-electron chi connectivity index (χ3n) is 5.42. The SMILES string of the molecule is CC(C)CN1CCC2c3ccc(S(=O)(=O)c4ccccc4)cc3OCC21. The molecule has 0 radical (unpaired) electrons. The highest BCUT2D eigenvalue weighted by atomic mass is 32.2. The van der Waals surface area contributed by atoms with Gasteiger partial charge in [-0.15, -0.1) is 0 Å². The van der Waals surface area contributed by atoms with E-state index in [1.807, 2.05) is 12.1 Å². The van der Waals surface area contributed by atoms with Crippen LogP contribution in [-0.4, -0.2) is 39.1 Å². The van der Waals surface area contributed by atoms with Crippen LogP contribution in [0.1, 0.15) is 31.7 Å². The van der Waals surface area contributed by atoms with Crippen molar-refractivity contribution in [2.45, 2.75) is 42.0 Å². The average molecular weight is 372 g/mol. The Hall–Kier alpha value is -1.85. The Bertz CT molecular complexity index is 893. The first-order valence-corrected chi connectivity index (χ1v) is 10.8. The molecule has 0 bridgehead atoms. The van der Waals surface area contributed by atoms with Crippen molar-refractivity contribution in [3.05, 3.63) is 54.1 Å². The quantitative estimate of drug-likeness (QED) is 0.822. The zero-order valence-electron chi connectivity index (χ0n) is 15.3. The van der Waals surface area contributed by atoms with Crippen molar-refractivity contribution >= 4 is 9.84 Å². The third kappa shape index (κ3) is 3.03. The Morgan fingerprint density at radius 1 is 1.12 bits per heavy atom. The summed E-state index contributed by atoms with van der Waals surface area (Å²) in [5.74, 6) is 1.80. The third-order valence-corrected chi connectivity index (χ3v) is 7.19. The molecule has 138 valence electrons. The maximum atomic E-state index is 12.9. The van der Waals surface area contributed by atoms with Crippen LogP contribution in [0.5, 0.6) is 5.75 Å². The van der Waals surface area contributed by atoms with Crippen LogP contribution in [0.4, 0.5) is 0 Å². The molecule has 2 aliphatic heterocycles. The van der Waals surface area contributed by atoms with Gasteiger partial charge in [-0.05, 0) is 48.7 Å². The Morgan fingerprint density at radius 3 is 2.62 bits per heavy atom. The number of nitrogens with zero attached hydrogens (tertiary/aromatic N) is 1. The number of benzene rings is 2. The average Bonchev–Trinajstić information content (AvgIpc) is 3.04. The van der Waals surface area contributed by atoms with Gasteiger partial charge < -0.3 is 4.74 Å². The molecule has 1 fully saturated rings. The van der Waals surface area contributed by atoms with Gasteiger partial charge in [-0.25, -0.2) is 8.42 Å². The van der Waals surface area contributed by atoms with Gasteiger partial charge in [0.05, 0.1) is 15.8 Å². The predicted molar refractivity (Wildman–Crippen MR) is 101 cm³/mol. The summed E-state index contributed by atoms with van der Waals surface area (Å²) in [6, 6.07) is 14.4. The summed E-state index contributed by atoms with van der Waals surface area (Å²) in [6.07, 6.45) is 1.11. The summed E-state index contributed by atoms with van der Waals surface area (Å²) in [5, 5.41) is 0. The van der Waals surface area contributed by atoms with Crippen LogP contribution in [0.2, 0.25) is 0 Å². The lowest BCUT2D eigenvalue weighted by atomic mass is 9.89. The maximum absolute atomic E-state index is 12.9. The van der Waals surface area contributed by atoms with Gasteiger partial charge in [0.1, 0.15) is 12.4 Å². The normalized spacial score (nSPS) is 22.7. The number of hydrogen-bond acceptors (Lipinski definition) is 4. The summed E-state index contributed by atoms with van der Waals surface area (Å²) in [6.45, 7) is 7.29. The first kappa shape index (κ1) is 17.6. The highest BCUT2D eigenvalue weighted by Gasteiger charge is 2.40. The molecule has 0 N–H and O–H groups in total.